The summed E-state index contributed by atoms with van der Waals surface area (Å²) in [7, 11) is 0. The Morgan fingerprint density at radius 1 is 1.29 bits per heavy atom. The molecule has 88 valence electrons. The highest BCUT2D eigenvalue weighted by atomic mass is 16.5. The van der Waals surface area contributed by atoms with Crippen molar-refractivity contribution < 1.29 is 9.84 Å². The van der Waals surface area contributed by atoms with Gasteiger partial charge in [-0.25, -0.2) is 0 Å². The first-order valence-electron chi connectivity index (χ1n) is 5.95. The van der Waals surface area contributed by atoms with Crippen LogP contribution in [0.2, 0.25) is 0 Å². The van der Waals surface area contributed by atoms with Gasteiger partial charge >= 0.3 is 0 Å². The number of aromatic nitrogens is 1. The summed E-state index contributed by atoms with van der Waals surface area (Å²) in [4.78, 5) is 4.20. The van der Waals surface area contributed by atoms with Crippen LogP contribution in [0, 0.1) is 5.92 Å². The van der Waals surface area contributed by atoms with Gasteiger partial charge in [-0.3, -0.25) is 4.98 Å². The van der Waals surface area contributed by atoms with E-state index in [9.17, 15) is 5.11 Å². The van der Waals surface area contributed by atoms with Crippen molar-refractivity contribution in [1.82, 2.24) is 4.98 Å². The fraction of sp³-hybridized carbons (Fsp3) is 0.357. The maximum absolute atomic E-state index is 10.4. The van der Waals surface area contributed by atoms with E-state index in [-0.39, 0.29) is 5.92 Å². The van der Waals surface area contributed by atoms with Crippen molar-refractivity contribution in [2.45, 2.75) is 12.5 Å². The summed E-state index contributed by atoms with van der Waals surface area (Å²) in [6, 6.07) is 8.03. The number of fused-ring (bicyclic) bond motifs is 1. The molecule has 3 rings (SSSR count). The Morgan fingerprint density at radius 3 is 3.00 bits per heavy atom. The molecule has 1 aromatic heterocycles. The molecular formula is C14H15NO2. The second kappa shape index (κ2) is 4.43. The summed E-state index contributed by atoms with van der Waals surface area (Å²) >= 11 is 0. The van der Waals surface area contributed by atoms with Crippen LogP contribution in [0.25, 0.3) is 10.8 Å². The number of aliphatic hydroxyl groups is 1. The van der Waals surface area contributed by atoms with E-state index in [4.69, 9.17) is 4.74 Å². The average molecular weight is 229 g/mol. The van der Waals surface area contributed by atoms with Gasteiger partial charge in [-0.1, -0.05) is 24.3 Å². The Morgan fingerprint density at radius 2 is 2.18 bits per heavy atom. The van der Waals surface area contributed by atoms with Gasteiger partial charge in [0.15, 0.2) is 0 Å². The summed E-state index contributed by atoms with van der Waals surface area (Å²) in [5.41, 5.74) is 0.915. The zero-order valence-electron chi connectivity index (χ0n) is 9.54. The Balaban J connectivity index is 2.04. The Hall–Kier alpha value is -1.45. The molecule has 1 aromatic carbocycles. The van der Waals surface area contributed by atoms with Crippen molar-refractivity contribution in [3.8, 4) is 0 Å². The molecule has 1 fully saturated rings. The minimum absolute atomic E-state index is 0.197. The van der Waals surface area contributed by atoms with Gasteiger partial charge in [0, 0.05) is 35.9 Å². The first-order valence-corrected chi connectivity index (χ1v) is 5.95. The Bertz CT molecular complexity index is 515. The molecule has 3 heteroatoms. The van der Waals surface area contributed by atoms with Crippen LogP contribution >= 0.6 is 0 Å². The standard InChI is InChI=1S/C14H15NO2/c16-14(11-5-6-17-9-11)13-8-15-7-10-3-1-2-4-12(10)13/h1-4,7-8,11,14,16H,5-6,9H2. The molecule has 2 unspecified atom stereocenters. The molecule has 2 aromatic rings. The predicted octanol–water partition coefficient (Wildman–Crippen LogP) is 2.30. The second-order valence-corrected chi connectivity index (χ2v) is 4.52. The molecule has 1 saturated heterocycles. The van der Waals surface area contributed by atoms with Crippen molar-refractivity contribution in [2.75, 3.05) is 13.2 Å². The number of benzene rings is 1. The van der Waals surface area contributed by atoms with E-state index in [1.807, 2.05) is 30.5 Å². The minimum Gasteiger partial charge on any atom is -0.388 e. The monoisotopic (exact) mass is 229 g/mol. The third kappa shape index (κ3) is 1.92. The number of aliphatic hydroxyl groups excluding tert-OH is 1. The van der Waals surface area contributed by atoms with Crippen LogP contribution in [0.1, 0.15) is 18.1 Å². The Kier molecular flexibility index (Phi) is 2.79. The van der Waals surface area contributed by atoms with E-state index in [2.05, 4.69) is 4.98 Å². The second-order valence-electron chi connectivity index (χ2n) is 4.52. The van der Waals surface area contributed by atoms with E-state index < -0.39 is 6.10 Å². The van der Waals surface area contributed by atoms with Gasteiger partial charge in [-0.2, -0.15) is 0 Å². The van der Waals surface area contributed by atoms with Crippen LogP contribution in [0.3, 0.4) is 0 Å². The van der Waals surface area contributed by atoms with Crippen molar-refractivity contribution in [3.05, 3.63) is 42.2 Å². The summed E-state index contributed by atoms with van der Waals surface area (Å²) in [5.74, 6) is 0.197. The molecule has 0 radical (unpaired) electrons. The molecule has 0 amide bonds. The third-order valence-corrected chi connectivity index (χ3v) is 3.43. The highest BCUT2D eigenvalue weighted by Crippen LogP contribution is 2.32. The lowest BCUT2D eigenvalue weighted by Gasteiger charge is -2.18. The molecule has 0 bridgehead atoms. The molecule has 0 spiro atoms. The van der Waals surface area contributed by atoms with Gasteiger partial charge in [0.25, 0.3) is 0 Å². The van der Waals surface area contributed by atoms with Crippen molar-refractivity contribution in [1.29, 1.82) is 0 Å². The van der Waals surface area contributed by atoms with Crippen LogP contribution < -0.4 is 0 Å². The number of hydrogen-bond acceptors (Lipinski definition) is 3. The quantitative estimate of drug-likeness (QED) is 0.859. The summed E-state index contributed by atoms with van der Waals surface area (Å²) in [5, 5.41) is 12.6. The lowest BCUT2D eigenvalue weighted by molar-refractivity contribution is 0.0926. The van der Waals surface area contributed by atoms with Gasteiger partial charge in [0.05, 0.1) is 12.7 Å². The van der Waals surface area contributed by atoms with E-state index >= 15 is 0 Å². The van der Waals surface area contributed by atoms with E-state index in [1.54, 1.807) is 6.20 Å². The molecule has 1 aliphatic heterocycles. The number of ether oxygens (including phenoxy) is 1. The van der Waals surface area contributed by atoms with E-state index in [1.165, 1.54) is 0 Å². The summed E-state index contributed by atoms with van der Waals surface area (Å²) in [6.07, 6.45) is 4.04. The van der Waals surface area contributed by atoms with Crippen LogP contribution in [0.5, 0.6) is 0 Å². The highest BCUT2D eigenvalue weighted by molar-refractivity contribution is 5.84. The lowest BCUT2D eigenvalue weighted by atomic mass is 9.93. The SMILES string of the molecule is OC(c1cncc2ccccc12)C1CCOC1. The first-order chi connectivity index (χ1) is 8.36. The molecule has 3 nitrogen and oxygen atoms in total. The maximum Gasteiger partial charge on any atom is 0.0861 e. The number of nitrogens with zero attached hydrogens (tertiary/aromatic N) is 1. The lowest BCUT2D eigenvalue weighted by Crippen LogP contribution is -2.13. The van der Waals surface area contributed by atoms with Crippen LogP contribution in [-0.4, -0.2) is 23.3 Å². The van der Waals surface area contributed by atoms with Gasteiger partial charge in [0.2, 0.25) is 0 Å². The molecule has 1 N–H and O–H groups in total. The van der Waals surface area contributed by atoms with Crippen LogP contribution in [0.15, 0.2) is 36.7 Å². The van der Waals surface area contributed by atoms with Gasteiger partial charge in [-0.05, 0) is 11.8 Å². The predicted molar refractivity (Wildman–Crippen MR) is 65.6 cm³/mol. The van der Waals surface area contributed by atoms with Gasteiger partial charge < -0.3 is 9.84 Å². The first kappa shape index (κ1) is 10.7. The number of rotatable bonds is 2. The number of pyridine rings is 1. The molecule has 0 aliphatic carbocycles. The topological polar surface area (TPSA) is 42.4 Å². The van der Waals surface area contributed by atoms with E-state index in [0.29, 0.717) is 6.61 Å². The van der Waals surface area contributed by atoms with Gasteiger partial charge in [-0.15, -0.1) is 0 Å². The van der Waals surface area contributed by atoms with Crippen LogP contribution in [-0.2, 0) is 4.74 Å². The highest BCUT2D eigenvalue weighted by Gasteiger charge is 2.26. The smallest absolute Gasteiger partial charge is 0.0861 e. The fourth-order valence-electron chi connectivity index (χ4n) is 2.43. The van der Waals surface area contributed by atoms with Crippen molar-refractivity contribution in [3.63, 3.8) is 0 Å². The maximum atomic E-state index is 10.4. The molecule has 2 atom stereocenters. The molecule has 1 aliphatic rings. The molecule has 2 heterocycles. The molecular weight excluding hydrogens is 214 g/mol. The van der Waals surface area contributed by atoms with Crippen LogP contribution in [0.4, 0.5) is 0 Å². The minimum atomic E-state index is -0.476. The zero-order valence-corrected chi connectivity index (χ0v) is 9.54. The fourth-order valence-corrected chi connectivity index (χ4v) is 2.43. The molecule has 0 saturated carbocycles. The van der Waals surface area contributed by atoms with E-state index in [0.717, 1.165) is 29.4 Å². The zero-order chi connectivity index (χ0) is 11.7. The van der Waals surface area contributed by atoms with Crippen molar-refractivity contribution >= 4 is 10.8 Å². The van der Waals surface area contributed by atoms with Crippen molar-refractivity contribution in [2.24, 2.45) is 5.92 Å². The summed E-state index contributed by atoms with van der Waals surface area (Å²) in [6.45, 7) is 1.39. The average Bonchev–Trinajstić information content (AvgIpc) is 2.91. The summed E-state index contributed by atoms with van der Waals surface area (Å²) < 4.78 is 5.33. The van der Waals surface area contributed by atoms with Gasteiger partial charge in [0.1, 0.15) is 0 Å². The Labute approximate surface area is 100 Å². The normalized spacial score (nSPS) is 21.8. The molecule has 17 heavy (non-hydrogen) atoms. The number of hydrogen-bond donors (Lipinski definition) is 1. The largest absolute Gasteiger partial charge is 0.388 e. The third-order valence-electron chi connectivity index (χ3n) is 3.43.